The summed E-state index contributed by atoms with van der Waals surface area (Å²) in [5.41, 5.74) is 1.05. The number of aromatic amines is 1. The number of nitrogens with one attached hydrogen (secondary N) is 2. The third-order valence-electron chi connectivity index (χ3n) is 5.33. The van der Waals surface area contributed by atoms with E-state index in [0.717, 1.165) is 23.8 Å². The number of hydrogen-bond donors (Lipinski definition) is 2. The highest BCUT2D eigenvalue weighted by atomic mass is 32.2. The Balaban J connectivity index is 2.07. The van der Waals surface area contributed by atoms with Crippen LogP contribution in [-0.2, 0) is 17.5 Å². The summed E-state index contributed by atoms with van der Waals surface area (Å²) in [6, 6.07) is 11.6. The minimum atomic E-state index is -1.72. The summed E-state index contributed by atoms with van der Waals surface area (Å²) < 4.78 is 30.3. The number of rotatable bonds is 6. The standard InChI is InChI=1S/C23H19FN4O5S/c1-13-5-8-19-17(10-13)20(16-4-3-9-25-22(16)29)21(23(30)26-34(2)33)27(19)12-14-11-15(28(31)32)6-7-18(14)24/h3-11H,12H2,1-2H3,(H,25,29)(H,26,30). The second kappa shape index (κ2) is 9.02. The molecule has 0 spiro atoms. The number of fused-ring (bicyclic) bond motifs is 1. The molecule has 174 valence electrons. The summed E-state index contributed by atoms with van der Waals surface area (Å²) in [6.45, 7) is 1.60. The van der Waals surface area contributed by atoms with Crippen molar-refractivity contribution in [3.8, 4) is 11.1 Å². The van der Waals surface area contributed by atoms with E-state index in [9.17, 15) is 28.3 Å². The van der Waals surface area contributed by atoms with Crippen LogP contribution in [0.2, 0.25) is 0 Å². The highest BCUT2D eigenvalue weighted by molar-refractivity contribution is 7.82. The van der Waals surface area contributed by atoms with Crippen LogP contribution in [0.15, 0.2) is 59.5 Å². The molecule has 9 nitrogen and oxygen atoms in total. The van der Waals surface area contributed by atoms with Crippen molar-refractivity contribution in [2.75, 3.05) is 6.26 Å². The van der Waals surface area contributed by atoms with Crippen molar-refractivity contribution in [1.29, 1.82) is 0 Å². The van der Waals surface area contributed by atoms with Crippen LogP contribution in [0.1, 0.15) is 21.6 Å². The van der Waals surface area contributed by atoms with Crippen molar-refractivity contribution in [3.05, 3.63) is 97.8 Å². The number of pyridine rings is 1. The summed E-state index contributed by atoms with van der Waals surface area (Å²) in [6.07, 6.45) is 2.74. The lowest BCUT2D eigenvalue weighted by atomic mass is 10.0. The number of nitrogens with zero attached hydrogens (tertiary/aromatic N) is 2. The number of carbonyl (C=O) groups is 1. The molecule has 11 heteroatoms. The van der Waals surface area contributed by atoms with Crippen LogP contribution < -0.4 is 10.3 Å². The maximum Gasteiger partial charge on any atom is 0.280 e. The van der Waals surface area contributed by atoms with Gasteiger partial charge in [0.25, 0.3) is 17.2 Å². The highest BCUT2D eigenvalue weighted by Crippen LogP contribution is 2.35. The molecule has 4 rings (SSSR count). The molecule has 2 N–H and O–H groups in total. The highest BCUT2D eigenvalue weighted by Gasteiger charge is 2.27. The molecule has 0 aliphatic heterocycles. The van der Waals surface area contributed by atoms with Crippen LogP contribution in [0.4, 0.5) is 10.1 Å². The molecule has 0 saturated carbocycles. The molecule has 1 unspecified atom stereocenters. The number of benzene rings is 2. The summed E-state index contributed by atoms with van der Waals surface area (Å²) in [5, 5.41) is 11.8. The molecular formula is C23H19FN4O5S. The van der Waals surface area contributed by atoms with Crippen LogP contribution in [0.3, 0.4) is 0 Å². The van der Waals surface area contributed by atoms with E-state index in [1.54, 1.807) is 30.3 Å². The maximum atomic E-state index is 14.7. The Morgan fingerprint density at radius 3 is 2.68 bits per heavy atom. The maximum absolute atomic E-state index is 14.7. The van der Waals surface area contributed by atoms with Gasteiger partial charge in [0.05, 0.1) is 11.5 Å². The first kappa shape index (κ1) is 23.1. The Morgan fingerprint density at radius 1 is 1.24 bits per heavy atom. The number of amides is 1. The first-order valence-electron chi connectivity index (χ1n) is 10.1. The van der Waals surface area contributed by atoms with E-state index in [1.165, 1.54) is 17.0 Å². The number of aryl methyl sites for hydroxylation is 1. The molecule has 2 heterocycles. The first-order chi connectivity index (χ1) is 16.2. The smallest absolute Gasteiger partial charge is 0.280 e. The van der Waals surface area contributed by atoms with Crippen LogP contribution in [0.25, 0.3) is 22.0 Å². The van der Waals surface area contributed by atoms with E-state index in [4.69, 9.17) is 0 Å². The minimum absolute atomic E-state index is 0.0154. The fourth-order valence-electron chi connectivity index (χ4n) is 3.90. The van der Waals surface area contributed by atoms with E-state index in [1.807, 2.05) is 6.92 Å². The molecule has 0 aliphatic rings. The van der Waals surface area contributed by atoms with Crippen molar-refractivity contribution >= 4 is 33.5 Å². The predicted molar refractivity (Wildman–Crippen MR) is 126 cm³/mol. The lowest BCUT2D eigenvalue weighted by Crippen LogP contribution is -2.28. The summed E-state index contributed by atoms with van der Waals surface area (Å²) in [5.74, 6) is -1.43. The Morgan fingerprint density at radius 2 is 2.00 bits per heavy atom. The van der Waals surface area contributed by atoms with Gasteiger partial charge in [0.2, 0.25) is 0 Å². The minimum Gasteiger partial charge on any atom is -0.331 e. The van der Waals surface area contributed by atoms with Crippen molar-refractivity contribution in [2.24, 2.45) is 0 Å². The number of nitro benzene ring substituents is 1. The number of nitro groups is 1. The number of hydrogen-bond acceptors (Lipinski definition) is 5. The number of H-pyrrole nitrogens is 1. The molecule has 2 aromatic carbocycles. The van der Waals surface area contributed by atoms with E-state index >= 15 is 0 Å². The van der Waals surface area contributed by atoms with Gasteiger partial charge in [-0.05, 0) is 37.3 Å². The zero-order valence-corrected chi connectivity index (χ0v) is 18.9. The monoisotopic (exact) mass is 482 g/mol. The molecule has 0 saturated heterocycles. The third kappa shape index (κ3) is 4.25. The fourth-order valence-corrected chi connectivity index (χ4v) is 4.26. The van der Waals surface area contributed by atoms with Crippen molar-refractivity contribution < 1.29 is 18.3 Å². The van der Waals surface area contributed by atoms with Gasteiger partial charge >= 0.3 is 0 Å². The zero-order valence-electron chi connectivity index (χ0n) is 18.1. The molecular weight excluding hydrogens is 463 g/mol. The average molecular weight is 482 g/mol. The van der Waals surface area contributed by atoms with Gasteiger partial charge in [-0.3, -0.25) is 24.4 Å². The van der Waals surface area contributed by atoms with Crippen LogP contribution in [0, 0.1) is 22.9 Å². The topological polar surface area (TPSA) is 127 Å². The second-order valence-corrected chi connectivity index (χ2v) is 8.77. The van der Waals surface area contributed by atoms with Crippen molar-refractivity contribution in [1.82, 2.24) is 14.3 Å². The summed E-state index contributed by atoms with van der Waals surface area (Å²) in [7, 11) is -1.72. The number of aromatic nitrogens is 2. The van der Waals surface area contributed by atoms with E-state index in [2.05, 4.69) is 9.71 Å². The van der Waals surface area contributed by atoms with Gasteiger partial charge in [0.15, 0.2) is 0 Å². The SMILES string of the molecule is Cc1ccc2c(c1)c(-c1ccc[nH]c1=O)c(C(=O)NS(C)=O)n2Cc1cc([N+](=O)[O-])ccc1F. The Kier molecular flexibility index (Phi) is 6.12. The lowest BCUT2D eigenvalue weighted by Gasteiger charge is -2.12. The fraction of sp³-hybridized carbons (Fsp3) is 0.130. The second-order valence-electron chi connectivity index (χ2n) is 7.66. The molecule has 0 radical (unpaired) electrons. The third-order valence-corrected chi connectivity index (χ3v) is 5.80. The molecule has 0 bridgehead atoms. The molecule has 1 atom stereocenters. The Hall–Kier alpha value is -4.12. The van der Waals surface area contributed by atoms with Crippen molar-refractivity contribution in [2.45, 2.75) is 13.5 Å². The summed E-state index contributed by atoms with van der Waals surface area (Å²) in [4.78, 5) is 39.1. The van der Waals surface area contributed by atoms with Crippen LogP contribution in [0.5, 0.6) is 0 Å². The molecule has 0 aliphatic carbocycles. The lowest BCUT2D eigenvalue weighted by molar-refractivity contribution is -0.385. The zero-order chi connectivity index (χ0) is 24.6. The largest absolute Gasteiger partial charge is 0.331 e. The number of halogens is 1. The normalized spacial score (nSPS) is 12.0. The van der Waals surface area contributed by atoms with E-state index in [-0.39, 0.29) is 34.6 Å². The Labute approximate surface area is 195 Å². The molecule has 4 aromatic rings. The quantitative estimate of drug-likeness (QED) is 0.322. The van der Waals surface area contributed by atoms with Gasteiger partial charge in [-0.25, -0.2) is 8.60 Å². The number of non-ortho nitro benzene ring substituents is 1. The van der Waals surface area contributed by atoms with E-state index in [0.29, 0.717) is 10.9 Å². The first-order valence-corrected chi connectivity index (χ1v) is 11.6. The van der Waals surface area contributed by atoms with Crippen LogP contribution >= 0.6 is 0 Å². The summed E-state index contributed by atoms with van der Waals surface area (Å²) >= 11 is 0. The van der Waals surface area contributed by atoms with Crippen molar-refractivity contribution in [3.63, 3.8) is 0 Å². The molecule has 1 amide bonds. The molecule has 0 fully saturated rings. The predicted octanol–water partition coefficient (Wildman–Crippen LogP) is 3.42. The van der Waals surface area contributed by atoms with E-state index < -0.39 is 33.2 Å². The number of carbonyl (C=O) groups excluding carboxylic acids is 1. The van der Waals surface area contributed by atoms with Gasteiger partial charge in [-0.2, -0.15) is 0 Å². The van der Waals surface area contributed by atoms with Gasteiger partial charge in [-0.15, -0.1) is 0 Å². The van der Waals surface area contributed by atoms with Crippen LogP contribution in [-0.4, -0.2) is 30.8 Å². The Bertz CT molecular complexity index is 1540. The van der Waals surface area contributed by atoms with Gasteiger partial charge in [0, 0.05) is 52.2 Å². The average Bonchev–Trinajstić information content (AvgIpc) is 3.08. The molecule has 2 aromatic heterocycles. The van der Waals surface area contributed by atoms with Gasteiger partial charge < -0.3 is 9.55 Å². The van der Waals surface area contributed by atoms with Gasteiger partial charge in [0.1, 0.15) is 22.5 Å². The molecule has 34 heavy (non-hydrogen) atoms. The van der Waals surface area contributed by atoms with Gasteiger partial charge in [-0.1, -0.05) is 11.6 Å².